The van der Waals surface area contributed by atoms with Crippen LogP contribution in [0.1, 0.15) is 29.4 Å². The average Bonchev–Trinajstić information content (AvgIpc) is 2.16. The predicted octanol–water partition coefficient (Wildman–Crippen LogP) is 1.19. The topological polar surface area (TPSA) is 79.4 Å². The molecular formula is C9H9F2NO4. The fourth-order valence-corrected chi connectivity index (χ4v) is 1.15. The Hall–Kier alpha value is -1.92. The Morgan fingerprint density at radius 1 is 1.62 bits per heavy atom. The number of hydrogen-bond donors (Lipinski definition) is 2. The number of nitrogens with one attached hydrogen (secondary N) is 1. The van der Waals surface area contributed by atoms with Gasteiger partial charge in [0.25, 0.3) is 12.0 Å². The lowest BCUT2D eigenvalue weighted by atomic mass is 10.2. The van der Waals surface area contributed by atoms with E-state index in [0.717, 1.165) is 0 Å². The van der Waals surface area contributed by atoms with Crippen LogP contribution in [0.25, 0.3) is 0 Å². The van der Waals surface area contributed by atoms with Gasteiger partial charge in [-0.25, -0.2) is 13.6 Å². The molecule has 16 heavy (non-hydrogen) atoms. The van der Waals surface area contributed by atoms with E-state index in [-0.39, 0.29) is 6.61 Å². The smallest absolute Gasteiger partial charge is 0.343 e. The highest BCUT2D eigenvalue weighted by molar-refractivity contribution is 5.93. The molecular weight excluding hydrogens is 224 g/mol. The molecule has 0 aliphatic rings. The van der Waals surface area contributed by atoms with Gasteiger partial charge in [0.05, 0.1) is 6.61 Å². The summed E-state index contributed by atoms with van der Waals surface area (Å²) in [4.78, 5) is 23.9. The van der Waals surface area contributed by atoms with Gasteiger partial charge in [-0.15, -0.1) is 0 Å². The zero-order valence-electron chi connectivity index (χ0n) is 8.29. The Balaban J connectivity index is 3.35. The van der Waals surface area contributed by atoms with E-state index >= 15 is 0 Å². The van der Waals surface area contributed by atoms with E-state index in [1.807, 2.05) is 0 Å². The number of alkyl halides is 2. The van der Waals surface area contributed by atoms with Crippen molar-refractivity contribution in [3.05, 3.63) is 27.7 Å². The van der Waals surface area contributed by atoms with Gasteiger partial charge in [0.15, 0.2) is 0 Å². The molecule has 0 aliphatic heterocycles. The number of aromatic amines is 1. The Labute approximate surface area is 88.7 Å². The van der Waals surface area contributed by atoms with Gasteiger partial charge in [-0.1, -0.05) is 0 Å². The third kappa shape index (κ3) is 2.36. The van der Waals surface area contributed by atoms with Gasteiger partial charge in [-0.05, 0) is 6.92 Å². The molecule has 0 aliphatic carbocycles. The first-order valence-corrected chi connectivity index (χ1v) is 4.38. The number of aromatic nitrogens is 1. The van der Waals surface area contributed by atoms with Gasteiger partial charge in [-0.2, -0.15) is 0 Å². The number of esters is 1. The third-order valence-electron chi connectivity index (χ3n) is 1.75. The normalized spacial score (nSPS) is 10.5. The molecule has 0 unspecified atom stereocenters. The number of carbonyl (C=O) groups is 1. The molecule has 0 amide bonds. The number of hydrogen-bond acceptors (Lipinski definition) is 4. The van der Waals surface area contributed by atoms with Crippen molar-refractivity contribution in [3.63, 3.8) is 0 Å². The van der Waals surface area contributed by atoms with Gasteiger partial charge < -0.3 is 14.8 Å². The molecule has 1 aromatic rings. The van der Waals surface area contributed by atoms with Crippen LogP contribution < -0.4 is 5.56 Å². The van der Waals surface area contributed by atoms with Gasteiger partial charge >= 0.3 is 5.97 Å². The molecule has 1 heterocycles. The number of H-pyrrole nitrogens is 1. The molecule has 2 N–H and O–H groups in total. The van der Waals surface area contributed by atoms with Gasteiger partial charge in [0, 0.05) is 6.07 Å². The summed E-state index contributed by atoms with van der Waals surface area (Å²) in [6.45, 7) is 1.46. The van der Waals surface area contributed by atoms with Crippen LogP contribution in [0.15, 0.2) is 10.9 Å². The predicted molar refractivity (Wildman–Crippen MR) is 49.6 cm³/mol. The SMILES string of the molecule is CCOC(=O)c1c(O)cc(=O)[nH]c1C(F)F. The van der Waals surface area contributed by atoms with Crippen molar-refractivity contribution in [2.24, 2.45) is 0 Å². The maximum atomic E-state index is 12.5. The van der Waals surface area contributed by atoms with E-state index in [9.17, 15) is 23.5 Å². The van der Waals surface area contributed by atoms with Crippen molar-refractivity contribution in [2.75, 3.05) is 6.61 Å². The highest BCUT2D eigenvalue weighted by Gasteiger charge is 2.24. The summed E-state index contributed by atoms with van der Waals surface area (Å²) in [7, 11) is 0. The number of pyridine rings is 1. The van der Waals surface area contributed by atoms with Crippen molar-refractivity contribution in [1.82, 2.24) is 4.98 Å². The lowest BCUT2D eigenvalue weighted by Crippen LogP contribution is -2.16. The molecule has 0 aromatic carbocycles. The minimum absolute atomic E-state index is 0.0277. The summed E-state index contributed by atoms with van der Waals surface area (Å²) in [6.07, 6.45) is -3.08. The summed E-state index contributed by atoms with van der Waals surface area (Å²) < 4.78 is 29.5. The third-order valence-corrected chi connectivity index (χ3v) is 1.75. The molecule has 7 heteroatoms. The van der Waals surface area contributed by atoms with E-state index in [4.69, 9.17) is 0 Å². The summed E-state index contributed by atoms with van der Waals surface area (Å²) in [5, 5.41) is 9.26. The maximum Gasteiger partial charge on any atom is 0.343 e. The van der Waals surface area contributed by atoms with Crippen LogP contribution in [0.5, 0.6) is 5.75 Å². The Morgan fingerprint density at radius 3 is 2.75 bits per heavy atom. The quantitative estimate of drug-likeness (QED) is 0.768. The highest BCUT2D eigenvalue weighted by atomic mass is 19.3. The summed E-state index contributed by atoms with van der Waals surface area (Å²) in [5.41, 5.74) is -2.57. The van der Waals surface area contributed by atoms with E-state index in [0.29, 0.717) is 6.07 Å². The van der Waals surface area contributed by atoms with Gasteiger partial charge in [0.2, 0.25) is 0 Å². The van der Waals surface area contributed by atoms with Crippen LogP contribution >= 0.6 is 0 Å². The second kappa shape index (κ2) is 4.73. The lowest BCUT2D eigenvalue weighted by molar-refractivity contribution is 0.0509. The van der Waals surface area contributed by atoms with E-state index in [1.54, 1.807) is 4.98 Å². The fraction of sp³-hybridized carbons (Fsp3) is 0.333. The number of ether oxygens (including phenoxy) is 1. The van der Waals surface area contributed by atoms with Crippen LogP contribution in [-0.2, 0) is 4.74 Å². The number of rotatable bonds is 3. The fourth-order valence-electron chi connectivity index (χ4n) is 1.15. The van der Waals surface area contributed by atoms with E-state index < -0.39 is 35.0 Å². The number of aromatic hydroxyl groups is 1. The molecule has 0 saturated carbocycles. The van der Waals surface area contributed by atoms with Crippen LogP contribution in [0.3, 0.4) is 0 Å². The number of halogens is 2. The first kappa shape index (κ1) is 12.2. The van der Waals surface area contributed by atoms with Gasteiger partial charge in [0.1, 0.15) is 17.0 Å². The molecule has 1 rings (SSSR count). The summed E-state index contributed by atoms with van der Waals surface area (Å²) in [5.74, 6) is -1.93. The van der Waals surface area contributed by atoms with Crippen molar-refractivity contribution < 1.29 is 23.4 Å². The largest absolute Gasteiger partial charge is 0.507 e. The summed E-state index contributed by atoms with van der Waals surface area (Å²) >= 11 is 0. The second-order valence-electron chi connectivity index (χ2n) is 2.83. The van der Waals surface area contributed by atoms with Crippen molar-refractivity contribution in [2.45, 2.75) is 13.3 Å². The zero-order valence-corrected chi connectivity index (χ0v) is 8.29. The molecule has 0 fully saturated rings. The molecule has 0 spiro atoms. The highest BCUT2D eigenvalue weighted by Crippen LogP contribution is 2.26. The van der Waals surface area contributed by atoms with E-state index in [1.165, 1.54) is 6.92 Å². The van der Waals surface area contributed by atoms with Gasteiger partial charge in [-0.3, -0.25) is 4.79 Å². The maximum absolute atomic E-state index is 12.5. The lowest BCUT2D eigenvalue weighted by Gasteiger charge is -2.08. The monoisotopic (exact) mass is 233 g/mol. The standard InChI is InChI=1S/C9H9F2NO4/c1-2-16-9(15)6-4(13)3-5(14)12-7(6)8(10)11/h3,8H,2H2,1H3,(H2,12,13,14). The van der Waals surface area contributed by atoms with E-state index in [2.05, 4.69) is 4.74 Å². The first-order chi connectivity index (χ1) is 7.47. The van der Waals surface area contributed by atoms with Crippen molar-refractivity contribution in [1.29, 1.82) is 0 Å². The Kier molecular flexibility index (Phi) is 3.60. The first-order valence-electron chi connectivity index (χ1n) is 4.38. The van der Waals surface area contributed by atoms with Crippen molar-refractivity contribution in [3.8, 4) is 5.75 Å². The minimum Gasteiger partial charge on any atom is -0.507 e. The van der Waals surface area contributed by atoms with Crippen LogP contribution in [0.2, 0.25) is 0 Å². The number of carbonyl (C=O) groups excluding carboxylic acids is 1. The zero-order chi connectivity index (χ0) is 12.3. The summed E-state index contributed by atoms with van der Waals surface area (Å²) in [6, 6.07) is 0.637. The van der Waals surface area contributed by atoms with Crippen LogP contribution in [-0.4, -0.2) is 22.7 Å². The molecule has 0 radical (unpaired) electrons. The molecule has 0 bridgehead atoms. The Bertz CT molecular complexity index is 455. The Morgan fingerprint density at radius 2 is 2.25 bits per heavy atom. The van der Waals surface area contributed by atoms with Crippen molar-refractivity contribution >= 4 is 5.97 Å². The van der Waals surface area contributed by atoms with Crippen LogP contribution in [0.4, 0.5) is 8.78 Å². The molecule has 1 aromatic heterocycles. The average molecular weight is 233 g/mol. The molecule has 5 nitrogen and oxygen atoms in total. The molecule has 0 saturated heterocycles. The second-order valence-corrected chi connectivity index (χ2v) is 2.83. The van der Waals surface area contributed by atoms with Crippen LogP contribution in [0, 0.1) is 0 Å². The minimum atomic E-state index is -3.08. The molecule has 0 atom stereocenters. The molecule has 88 valence electrons.